The SMILES string of the molecule is CC(C)CC(=O)NCc1cc(-c2nn(CC(O)CN3CCC(c4nnn[nH]4)CC3)c3c2CN(S(C)(=O)=O)CC3)ccc1C(F)(F)F. The lowest BCUT2D eigenvalue weighted by atomic mass is 9.96. The summed E-state index contributed by atoms with van der Waals surface area (Å²) in [6, 6.07) is 3.64. The number of carbonyl (C=O) groups excluding carboxylic acids is 1. The molecule has 0 spiro atoms. The lowest BCUT2D eigenvalue weighted by molar-refractivity contribution is -0.138. The molecule has 0 saturated carbocycles. The van der Waals surface area contributed by atoms with E-state index in [0.29, 0.717) is 29.8 Å². The predicted octanol–water partition coefficient (Wildman–Crippen LogP) is 2.30. The van der Waals surface area contributed by atoms with Crippen LogP contribution >= 0.6 is 0 Å². The Balaban J connectivity index is 1.39. The van der Waals surface area contributed by atoms with E-state index >= 15 is 0 Å². The van der Waals surface area contributed by atoms with E-state index in [2.05, 4.69) is 30.8 Å². The van der Waals surface area contributed by atoms with Gasteiger partial charge in [-0.25, -0.2) is 13.5 Å². The largest absolute Gasteiger partial charge is 0.416 e. The summed E-state index contributed by atoms with van der Waals surface area (Å²) < 4.78 is 69.8. The number of amides is 1. The van der Waals surface area contributed by atoms with E-state index in [9.17, 15) is 31.5 Å². The standard InChI is InChI=1S/C29H40F3N9O4S/c1-18(2)12-26(43)33-14-21-13-20(4-5-24(21)29(30,31)32)27-23-17-40(46(3,44)45)11-8-25(23)41(36-27)16-22(42)15-39-9-6-19(7-10-39)28-34-37-38-35-28/h4-5,13,18-19,22,42H,6-12,14-17H2,1-3H3,(H,33,43)(H,34,35,37,38). The number of tetrazole rings is 1. The topological polar surface area (TPSA) is 162 Å². The van der Waals surface area contributed by atoms with Crippen LogP contribution < -0.4 is 5.32 Å². The van der Waals surface area contributed by atoms with Gasteiger partial charge in [-0.2, -0.15) is 22.6 Å². The number of aromatic amines is 1. The second kappa shape index (κ2) is 13.8. The highest BCUT2D eigenvalue weighted by molar-refractivity contribution is 7.88. The van der Waals surface area contributed by atoms with Gasteiger partial charge in [0, 0.05) is 61.8 Å². The summed E-state index contributed by atoms with van der Waals surface area (Å²) >= 11 is 0. The molecule has 2 aliphatic heterocycles. The molecule has 3 aromatic rings. The number of sulfonamides is 1. The van der Waals surface area contributed by atoms with Crippen molar-refractivity contribution in [2.75, 3.05) is 32.4 Å². The maximum Gasteiger partial charge on any atom is 0.416 e. The molecule has 5 rings (SSSR count). The molecular weight excluding hydrogens is 627 g/mol. The van der Waals surface area contributed by atoms with E-state index in [1.807, 2.05) is 13.8 Å². The first-order valence-corrected chi connectivity index (χ1v) is 17.2. The van der Waals surface area contributed by atoms with Crippen molar-refractivity contribution in [3.05, 3.63) is 46.4 Å². The first kappa shape index (κ1) is 33.9. The number of piperidine rings is 1. The molecule has 3 N–H and O–H groups in total. The summed E-state index contributed by atoms with van der Waals surface area (Å²) in [6.45, 7) is 5.60. The fourth-order valence-electron chi connectivity index (χ4n) is 6.22. The van der Waals surface area contributed by atoms with Crippen LogP contribution in [0.25, 0.3) is 11.3 Å². The average molecular weight is 668 g/mol. The molecule has 1 unspecified atom stereocenters. The molecule has 1 amide bonds. The normalized spacial score (nSPS) is 17.7. The number of aliphatic hydroxyl groups excluding tert-OH is 1. The maximum atomic E-state index is 14.0. The fourth-order valence-corrected chi connectivity index (χ4v) is 7.00. The van der Waals surface area contributed by atoms with Gasteiger partial charge >= 0.3 is 6.18 Å². The molecule has 252 valence electrons. The number of benzene rings is 1. The second-order valence-electron chi connectivity index (χ2n) is 12.6. The van der Waals surface area contributed by atoms with Crippen molar-refractivity contribution < 1.29 is 31.5 Å². The van der Waals surface area contributed by atoms with Crippen molar-refractivity contribution in [1.29, 1.82) is 0 Å². The molecule has 0 radical (unpaired) electrons. The van der Waals surface area contributed by atoms with Gasteiger partial charge in [-0.1, -0.05) is 19.9 Å². The second-order valence-corrected chi connectivity index (χ2v) is 14.5. The third kappa shape index (κ3) is 8.11. The Bertz CT molecular complexity index is 1620. The van der Waals surface area contributed by atoms with E-state index in [1.165, 1.54) is 16.4 Å². The molecule has 2 aliphatic rings. The van der Waals surface area contributed by atoms with Crippen molar-refractivity contribution >= 4 is 15.9 Å². The highest BCUT2D eigenvalue weighted by Gasteiger charge is 2.35. The van der Waals surface area contributed by atoms with E-state index in [4.69, 9.17) is 5.10 Å². The third-order valence-corrected chi connectivity index (χ3v) is 9.76. The van der Waals surface area contributed by atoms with Gasteiger partial charge in [0.25, 0.3) is 0 Å². The van der Waals surface area contributed by atoms with Crippen LogP contribution in [0.1, 0.15) is 67.2 Å². The first-order valence-electron chi connectivity index (χ1n) is 15.3. The molecule has 4 heterocycles. The van der Waals surface area contributed by atoms with Crippen LogP contribution in [0, 0.1) is 5.92 Å². The Kier molecular flexibility index (Phi) is 10.1. The summed E-state index contributed by atoms with van der Waals surface area (Å²) in [5.41, 5.74) is 1.04. The van der Waals surface area contributed by atoms with Gasteiger partial charge in [-0.3, -0.25) is 9.48 Å². The first-order chi connectivity index (χ1) is 21.7. The van der Waals surface area contributed by atoms with Gasteiger partial charge in [0.1, 0.15) is 0 Å². The predicted molar refractivity (Wildman–Crippen MR) is 162 cm³/mol. The number of β-amino-alcohol motifs (C(OH)–C–C–N with tert-alkyl or cyclic N) is 1. The van der Waals surface area contributed by atoms with E-state index in [0.717, 1.165) is 49.8 Å². The van der Waals surface area contributed by atoms with Gasteiger partial charge in [0.05, 0.1) is 30.2 Å². The Morgan fingerprint density at radius 1 is 1.17 bits per heavy atom. The van der Waals surface area contributed by atoms with Crippen LogP contribution in [0.2, 0.25) is 0 Å². The minimum atomic E-state index is -4.65. The highest BCUT2D eigenvalue weighted by atomic mass is 32.2. The zero-order chi connectivity index (χ0) is 33.2. The number of alkyl halides is 3. The zero-order valence-electron chi connectivity index (χ0n) is 26.1. The van der Waals surface area contributed by atoms with Gasteiger partial charge in [0.15, 0.2) is 5.82 Å². The van der Waals surface area contributed by atoms with Crippen molar-refractivity contribution in [1.82, 2.24) is 44.9 Å². The van der Waals surface area contributed by atoms with Crippen LogP contribution in [-0.2, 0) is 47.0 Å². The molecule has 0 bridgehead atoms. The van der Waals surface area contributed by atoms with Crippen molar-refractivity contribution in [2.45, 2.75) is 77.4 Å². The average Bonchev–Trinajstić information content (AvgIpc) is 3.64. The molecule has 2 aromatic heterocycles. The van der Waals surface area contributed by atoms with Crippen LogP contribution in [0.3, 0.4) is 0 Å². The van der Waals surface area contributed by atoms with Crippen LogP contribution in [0.15, 0.2) is 18.2 Å². The lowest BCUT2D eigenvalue weighted by Crippen LogP contribution is -2.40. The number of rotatable bonds is 11. The van der Waals surface area contributed by atoms with E-state index < -0.39 is 27.9 Å². The van der Waals surface area contributed by atoms with Crippen LogP contribution in [0.4, 0.5) is 13.2 Å². The Morgan fingerprint density at radius 3 is 2.54 bits per heavy atom. The monoisotopic (exact) mass is 667 g/mol. The minimum absolute atomic E-state index is 0.00504. The number of H-pyrrole nitrogens is 1. The van der Waals surface area contributed by atoms with Gasteiger partial charge in [0.2, 0.25) is 15.9 Å². The third-order valence-electron chi connectivity index (χ3n) is 8.51. The number of aliphatic hydroxyl groups is 1. The number of aromatic nitrogens is 6. The van der Waals surface area contributed by atoms with Crippen LogP contribution in [-0.4, -0.2) is 97.6 Å². The molecule has 1 atom stereocenters. The summed E-state index contributed by atoms with van der Waals surface area (Å²) in [5, 5.41) is 32.6. The van der Waals surface area contributed by atoms with Crippen molar-refractivity contribution in [2.24, 2.45) is 5.92 Å². The van der Waals surface area contributed by atoms with Gasteiger partial charge < -0.3 is 15.3 Å². The van der Waals surface area contributed by atoms with Gasteiger partial charge in [-0.15, -0.1) is 5.10 Å². The van der Waals surface area contributed by atoms with Crippen molar-refractivity contribution in [3.8, 4) is 11.3 Å². The summed E-state index contributed by atoms with van der Waals surface area (Å²) in [4.78, 5) is 14.4. The number of fused-ring (bicyclic) bond motifs is 1. The van der Waals surface area contributed by atoms with Crippen molar-refractivity contribution in [3.63, 3.8) is 0 Å². The number of likely N-dealkylation sites (tertiary alicyclic amines) is 1. The summed E-state index contributed by atoms with van der Waals surface area (Å²) in [7, 11) is -3.55. The molecule has 0 aliphatic carbocycles. The molecule has 1 fully saturated rings. The lowest BCUT2D eigenvalue weighted by Gasteiger charge is -2.32. The van der Waals surface area contributed by atoms with E-state index in [1.54, 1.807) is 4.68 Å². The summed E-state index contributed by atoms with van der Waals surface area (Å²) in [5.74, 6) is 0.662. The maximum absolute atomic E-state index is 14.0. The number of hydrogen-bond acceptors (Lipinski definition) is 9. The molecule has 1 saturated heterocycles. The molecule has 17 heteroatoms. The number of hydrogen-bond donors (Lipinski definition) is 3. The number of halogens is 3. The summed E-state index contributed by atoms with van der Waals surface area (Å²) in [6.07, 6.45) is -2.15. The van der Waals surface area contributed by atoms with Gasteiger partial charge in [-0.05, 0) is 60.0 Å². The quantitative estimate of drug-likeness (QED) is 0.279. The fraction of sp³-hybridized carbons (Fsp3) is 0.621. The number of carbonyl (C=O) groups is 1. The zero-order valence-corrected chi connectivity index (χ0v) is 26.9. The minimum Gasteiger partial charge on any atom is -0.390 e. The van der Waals surface area contributed by atoms with E-state index in [-0.39, 0.29) is 55.9 Å². The Hall–Kier alpha value is -3.41. The Morgan fingerprint density at radius 2 is 1.91 bits per heavy atom. The molecule has 1 aromatic carbocycles. The smallest absolute Gasteiger partial charge is 0.390 e. The Labute approximate surface area is 265 Å². The molecule has 46 heavy (non-hydrogen) atoms. The highest BCUT2D eigenvalue weighted by Crippen LogP contribution is 2.37. The number of nitrogens with zero attached hydrogens (tertiary/aromatic N) is 7. The number of nitrogens with one attached hydrogen (secondary N) is 2. The van der Waals surface area contributed by atoms with Crippen LogP contribution in [0.5, 0.6) is 0 Å². The molecule has 13 nitrogen and oxygen atoms in total. The molecular formula is C29H40F3N9O4S.